The Labute approximate surface area is 145 Å². The second-order valence-corrected chi connectivity index (χ2v) is 8.04. The van der Waals surface area contributed by atoms with Crippen molar-refractivity contribution in [2.45, 2.75) is 25.7 Å². The molecule has 0 aliphatic heterocycles. The third-order valence-corrected chi connectivity index (χ3v) is 5.07. The number of hydrogen-bond donors (Lipinski definition) is 1. The Bertz CT molecular complexity index is 727. The SMILES string of the molecule is CS(=O)(=O)N(CC(=O)NN=C1CCCC1)c1cc(Cl)ccc1Cl. The van der Waals surface area contributed by atoms with Crippen LogP contribution in [0.25, 0.3) is 0 Å². The summed E-state index contributed by atoms with van der Waals surface area (Å²) in [5.74, 6) is -0.536. The highest BCUT2D eigenvalue weighted by molar-refractivity contribution is 7.92. The quantitative estimate of drug-likeness (QED) is 0.801. The molecule has 0 spiro atoms. The highest BCUT2D eigenvalue weighted by atomic mass is 35.5. The number of halogens is 2. The van der Waals surface area contributed by atoms with E-state index in [1.54, 1.807) is 6.07 Å². The fraction of sp³-hybridized carbons (Fsp3) is 0.429. The van der Waals surface area contributed by atoms with Crippen molar-refractivity contribution in [2.75, 3.05) is 17.1 Å². The van der Waals surface area contributed by atoms with Gasteiger partial charge >= 0.3 is 0 Å². The summed E-state index contributed by atoms with van der Waals surface area (Å²) < 4.78 is 24.9. The molecule has 1 saturated carbocycles. The lowest BCUT2D eigenvalue weighted by atomic mass is 10.3. The molecule has 1 aromatic carbocycles. The molecule has 126 valence electrons. The smallest absolute Gasteiger partial charge is 0.260 e. The van der Waals surface area contributed by atoms with Gasteiger partial charge in [0, 0.05) is 10.7 Å². The second-order valence-electron chi connectivity index (χ2n) is 5.29. The van der Waals surface area contributed by atoms with E-state index in [0.29, 0.717) is 5.02 Å². The van der Waals surface area contributed by atoms with Gasteiger partial charge in [-0.2, -0.15) is 5.10 Å². The number of carbonyl (C=O) groups is 1. The predicted octanol–water partition coefficient (Wildman–Crippen LogP) is 2.81. The lowest BCUT2D eigenvalue weighted by Gasteiger charge is -2.22. The molecule has 6 nitrogen and oxygen atoms in total. The Kier molecular flexibility index (Phi) is 5.89. The van der Waals surface area contributed by atoms with Crippen molar-refractivity contribution < 1.29 is 13.2 Å². The van der Waals surface area contributed by atoms with Gasteiger partial charge in [0.1, 0.15) is 6.54 Å². The Hall–Kier alpha value is -1.31. The maximum absolute atomic E-state index is 12.0. The van der Waals surface area contributed by atoms with E-state index in [-0.39, 0.29) is 10.7 Å². The van der Waals surface area contributed by atoms with Gasteiger partial charge in [-0.25, -0.2) is 13.8 Å². The highest BCUT2D eigenvalue weighted by Gasteiger charge is 2.23. The summed E-state index contributed by atoms with van der Waals surface area (Å²) >= 11 is 11.9. The summed E-state index contributed by atoms with van der Waals surface area (Å²) in [6.45, 7) is -0.421. The molecule has 1 aromatic rings. The molecule has 0 bridgehead atoms. The molecular formula is C14H17Cl2N3O3S. The number of rotatable bonds is 5. The van der Waals surface area contributed by atoms with Crippen LogP contribution in [0.5, 0.6) is 0 Å². The molecule has 1 aliphatic carbocycles. The normalized spacial score (nSPS) is 14.7. The summed E-state index contributed by atoms with van der Waals surface area (Å²) in [6.07, 6.45) is 4.83. The molecule has 0 atom stereocenters. The van der Waals surface area contributed by atoms with Crippen LogP contribution in [0.2, 0.25) is 10.0 Å². The lowest BCUT2D eigenvalue weighted by Crippen LogP contribution is -2.39. The zero-order valence-electron chi connectivity index (χ0n) is 12.6. The van der Waals surface area contributed by atoms with Crippen molar-refractivity contribution >= 4 is 50.5 Å². The first-order valence-corrected chi connectivity index (χ1v) is 9.65. The minimum Gasteiger partial charge on any atom is -0.271 e. The van der Waals surface area contributed by atoms with Crippen molar-refractivity contribution in [1.29, 1.82) is 0 Å². The Morgan fingerprint density at radius 2 is 1.96 bits per heavy atom. The van der Waals surface area contributed by atoms with Crippen LogP contribution in [0.1, 0.15) is 25.7 Å². The number of amides is 1. The van der Waals surface area contributed by atoms with E-state index in [2.05, 4.69) is 10.5 Å². The Morgan fingerprint density at radius 3 is 2.57 bits per heavy atom. The topological polar surface area (TPSA) is 78.8 Å². The maximum Gasteiger partial charge on any atom is 0.260 e. The van der Waals surface area contributed by atoms with Gasteiger partial charge in [0.05, 0.1) is 17.0 Å². The van der Waals surface area contributed by atoms with Gasteiger partial charge in [0.2, 0.25) is 10.0 Å². The van der Waals surface area contributed by atoms with Crippen molar-refractivity contribution in [3.63, 3.8) is 0 Å². The molecule has 1 aliphatic rings. The summed E-state index contributed by atoms with van der Waals surface area (Å²) in [5.41, 5.74) is 3.48. The molecule has 0 saturated heterocycles. The van der Waals surface area contributed by atoms with Crippen LogP contribution in [0.15, 0.2) is 23.3 Å². The van der Waals surface area contributed by atoms with Crippen LogP contribution in [0.4, 0.5) is 5.69 Å². The number of carbonyl (C=O) groups excluding carboxylic acids is 1. The number of hydrogen-bond acceptors (Lipinski definition) is 4. The second kappa shape index (κ2) is 7.51. The highest BCUT2D eigenvalue weighted by Crippen LogP contribution is 2.30. The molecule has 1 N–H and O–H groups in total. The van der Waals surface area contributed by atoms with Crippen LogP contribution in [-0.4, -0.2) is 32.8 Å². The molecule has 2 rings (SSSR count). The molecule has 0 unspecified atom stereocenters. The third-order valence-electron chi connectivity index (χ3n) is 3.38. The molecular weight excluding hydrogens is 361 g/mol. The molecule has 0 radical (unpaired) electrons. The number of nitrogens with one attached hydrogen (secondary N) is 1. The summed E-state index contributed by atoms with van der Waals surface area (Å²) in [6, 6.07) is 4.43. The molecule has 1 fully saturated rings. The van der Waals surface area contributed by atoms with Crippen LogP contribution in [0, 0.1) is 0 Å². The lowest BCUT2D eigenvalue weighted by molar-refractivity contribution is -0.119. The minimum atomic E-state index is -3.71. The number of sulfonamides is 1. The molecule has 9 heteroatoms. The van der Waals surface area contributed by atoms with Gasteiger partial charge in [0.15, 0.2) is 0 Å². The van der Waals surface area contributed by atoms with E-state index < -0.39 is 22.5 Å². The zero-order valence-corrected chi connectivity index (χ0v) is 14.9. The standard InChI is InChI=1S/C14H17Cl2N3O3S/c1-23(21,22)19(13-8-10(15)6-7-12(13)16)9-14(20)18-17-11-4-2-3-5-11/h6-8H,2-5,9H2,1H3,(H,18,20). The van der Waals surface area contributed by atoms with Crippen LogP contribution in [0.3, 0.4) is 0 Å². The average molecular weight is 378 g/mol. The summed E-state index contributed by atoms with van der Waals surface area (Å²) in [7, 11) is -3.71. The summed E-state index contributed by atoms with van der Waals surface area (Å²) in [4.78, 5) is 12.0. The first-order valence-electron chi connectivity index (χ1n) is 7.04. The largest absolute Gasteiger partial charge is 0.271 e. The number of benzene rings is 1. The predicted molar refractivity (Wildman–Crippen MR) is 92.7 cm³/mol. The molecule has 1 amide bonds. The zero-order chi connectivity index (χ0) is 17.0. The minimum absolute atomic E-state index is 0.158. The number of anilines is 1. The fourth-order valence-electron chi connectivity index (χ4n) is 2.26. The maximum atomic E-state index is 12.0. The van der Waals surface area contributed by atoms with Crippen molar-refractivity contribution in [3.05, 3.63) is 28.2 Å². The van der Waals surface area contributed by atoms with E-state index in [4.69, 9.17) is 23.2 Å². The van der Waals surface area contributed by atoms with E-state index in [1.165, 1.54) is 12.1 Å². The fourth-order valence-corrected chi connectivity index (χ4v) is 3.56. The third kappa shape index (κ3) is 5.09. The van der Waals surface area contributed by atoms with Crippen molar-refractivity contribution in [3.8, 4) is 0 Å². The van der Waals surface area contributed by atoms with Gasteiger partial charge in [0.25, 0.3) is 5.91 Å². The van der Waals surface area contributed by atoms with Gasteiger partial charge in [-0.15, -0.1) is 0 Å². The molecule has 23 heavy (non-hydrogen) atoms. The van der Waals surface area contributed by atoms with E-state index in [0.717, 1.165) is 42.0 Å². The van der Waals surface area contributed by atoms with Crippen molar-refractivity contribution in [1.82, 2.24) is 5.43 Å². The van der Waals surface area contributed by atoms with Crippen LogP contribution >= 0.6 is 23.2 Å². The first-order chi connectivity index (χ1) is 10.8. The van der Waals surface area contributed by atoms with Crippen LogP contribution in [-0.2, 0) is 14.8 Å². The van der Waals surface area contributed by atoms with Gasteiger partial charge < -0.3 is 0 Å². The average Bonchev–Trinajstić information content (AvgIpc) is 2.97. The first kappa shape index (κ1) is 18.0. The van der Waals surface area contributed by atoms with Gasteiger partial charge in [-0.05, 0) is 43.9 Å². The van der Waals surface area contributed by atoms with Gasteiger partial charge in [-0.3, -0.25) is 9.10 Å². The number of nitrogens with zero attached hydrogens (tertiary/aromatic N) is 2. The molecule has 0 heterocycles. The van der Waals surface area contributed by atoms with Crippen molar-refractivity contribution in [2.24, 2.45) is 5.10 Å². The summed E-state index contributed by atoms with van der Waals surface area (Å²) in [5, 5.41) is 4.54. The monoisotopic (exact) mass is 377 g/mol. The Morgan fingerprint density at radius 1 is 1.30 bits per heavy atom. The van der Waals surface area contributed by atoms with Gasteiger partial charge in [-0.1, -0.05) is 23.2 Å². The Balaban J connectivity index is 2.18. The van der Waals surface area contributed by atoms with E-state index in [9.17, 15) is 13.2 Å². The molecule has 0 aromatic heterocycles. The van der Waals surface area contributed by atoms with E-state index in [1.807, 2.05) is 0 Å². The van der Waals surface area contributed by atoms with Crippen LogP contribution < -0.4 is 9.73 Å². The van der Waals surface area contributed by atoms with E-state index >= 15 is 0 Å². The number of hydrazone groups is 1.